The second-order valence-electron chi connectivity index (χ2n) is 7.47. The van der Waals surface area contributed by atoms with Gasteiger partial charge in [0, 0.05) is 47.2 Å². The molecule has 3 aromatic heterocycles. The molecule has 5 rings (SSSR count). The van der Waals surface area contributed by atoms with Gasteiger partial charge >= 0.3 is 0 Å². The number of nitrogens with zero attached hydrogens (tertiary/aromatic N) is 4. The standard InChI is InChI=1S/C26H21N5O2S/c1-33-22-9-7-19(8-10-22)26-29-23(17-34-26)25(32)28-15-20-16-31(21-5-3-2-4-6-21)30-24(20)18-11-13-27-14-12-18/h2-14,16-17H,15H2,1H3,(H,28,32). The first-order valence-corrected chi connectivity index (χ1v) is 11.5. The molecule has 1 N–H and O–H groups in total. The molecule has 0 aliphatic heterocycles. The molecule has 34 heavy (non-hydrogen) atoms. The SMILES string of the molecule is COc1ccc(-c2nc(C(=O)NCc3cn(-c4ccccc4)nc3-c3ccncc3)cs2)cc1. The molecule has 3 heterocycles. The van der Waals surface area contributed by atoms with Crippen molar-refractivity contribution in [2.75, 3.05) is 7.11 Å². The highest BCUT2D eigenvalue weighted by Gasteiger charge is 2.16. The third-order valence-corrected chi connectivity index (χ3v) is 6.17. The Morgan fingerprint density at radius 3 is 2.50 bits per heavy atom. The number of nitrogens with one attached hydrogen (secondary N) is 1. The number of amides is 1. The van der Waals surface area contributed by atoms with Gasteiger partial charge in [0.2, 0.25) is 0 Å². The summed E-state index contributed by atoms with van der Waals surface area (Å²) in [5.41, 5.74) is 4.90. The summed E-state index contributed by atoms with van der Waals surface area (Å²) in [4.78, 5) is 21.5. The van der Waals surface area contributed by atoms with Gasteiger partial charge in [0.15, 0.2) is 0 Å². The lowest BCUT2D eigenvalue weighted by atomic mass is 10.1. The van der Waals surface area contributed by atoms with Crippen molar-refractivity contribution >= 4 is 17.2 Å². The molecule has 0 radical (unpaired) electrons. The minimum Gasteiger partial charge on any atom is -0.497 e. The van der Waals surface area contributed by atoms with E-state index in [-0.39, 0.29) is 5.91 Å². The summed E-state index contributed by atoms with van der Waals surface area (Å²) in [6, 6.07) is 21.3. The van der Waals surface area contributed by atoms with E-state index in [1.54, 1.807) is 24.9 Å². The molecule has 0 unspecified atom stereocenters. The van der Waals surface area contributed by atoms with Crippen molar-refractivity contribution in [2.24, 2.45) is 0 Å². The maximum Gasteiger partial charge on any atom is 0.271 e. The van der Waals surface area contributed by atoms with Crippen LogP contribution in [0.5, 0.6) is 5.75 Å². The van der Waals surface area contributed by atoms with Gasteiger partial charge in [-0.15, -0.1) is 11.3 Å². The molecule has 0 fully saturated rings. The fourth-order valence-electron chi connectivity index (χ4n) is 3.52. The molecular formula is C26H21N5O2S. The maximum atomic E-state index is 12.9. The summed E-state index contributed by atoms with van der Waals surface area (Å²) in [6.07, 6.45) is 5.40. The van der Waals surface area contributed by atoms with Gasteiger partial charge in [-0.1, -0.05) is 18.2 Å². The summed E-state index contributed by atoms with van der Waals surface area (Å²) in [7, 11) is 1.63. The van der Waals surface area contributed by atoms with E-state index in [0.29, 0.717) is 12.2 Å². The number of para-hydroxylation sites is 1. The van der Waals surface area contributed by atoms with Crippen LogP contribution in [0.15, 0.2) is 90.7 Å². The van der Waals surface area contributed by atoms with E-state index in [2.05, 4.69) is 15.3 Å². The Labute approximate surface area is 200 Å². The van der Waals surface area contributed by atoms with Crippen LogP contribution in [-0.2, 0) is 6.54 Å². The third-order valence-electron chi connectivity index (χ3n) is 5.28. The molecular weight excluding hydrogens is 446 g/mol. The van der Waals surface area contributed by atoms with Crippen LogP contribution in [0.2, 0.25) is 0 Å². The Morgan fingerprint density at radius 1 is 1.00 bits per heavy atom. The smallest absolute Gasteiger partial charge is 0.271 e. The predicted molar refractivity (Wildman–Crippen MR) is 132 cm³/mol. The number of hydrogen-bond acceptors (Lipinski definition) is 6. The van der Waals surface area contributed by atoms with E-state index in [4.69, 9.17) is 9.84 Å². The number of methoxy groups -OCH3 is 1. The largest absolute Gasteiger partial charge is 0.497 e. The van der Waals surface area contributed by atoms with E-state index >= 15 is 0 Å². The highest BCUT2D eigenvalue weighted by molar-refractivity contribution is 7.13. The fraction of sp³-hybridized carbons (Fsp3) is 0.0769. The van der Waals surface area contributed by atoms with Gasteiger partial charge in [-0.2, -0.15) is 5.10 Å². The monoisotopic (exact) mass is 467 g/mol. The van der Waals surface area contributed by atoms with E-state index in [9.17, 15) is 4.79 Å². The molecule has 0 aliphatic rings. The molecule has 0 saturated carbocycles. The van der Waals surface area contributed by atoms with Crippen molar-refractivity contribution in [1.29, 1.82) is 0 Å². The molecule has 2 aromatic carbocycles. The first kappa shape index (κ1) is 21.5. The summed E-state index contributed by atoms with van der Waals surface area (Å²) in [5, 5.41) is 10.3. The summed E-state index contributed by atoms with van der Waals surface area (Å²) >= 11 is 1.43. The lowest BCUT2D eigenvalue weighted by Gasteiger charge is -2.04. The van der Waals surface area contributed by atoms with Crippen LogP contribution in [-0.4, -0.2) is 32.8 Å². The van der Waals surface area contributed by atoms with Gasteiger partial charge in [-0.05, 0) is 48.5 Å². The lowest BCUT2D eigenvalue weighted by Crippen LogP contribution is -2.23. The molecule has 0 saturated heterocycles. The van der Waals surface area contributed by atoms with Gasteiger partial charge in [0.1, 0.15) is 16.5 Å². The van der Waals surface area contributed by atoms with E-state index in [1.165, 1.54) is 11.3 Å². The van der Waals surface area contributed by atoms with Crippen LogP contribution in [0.25, 0.3) is 27.5 Å². The zero-order chi connectivity index (χ0) is 23.3. The van der Waals surface area contributed by atoms with Crippen LogP contribution in [0.4, 0.5) is 0 Å². The quantitative estimate of drug-likeness (QED) is 0.364. The molecule has 0 bridgehead atoms. The Bertz CT molecular complexity index is 1400. The molecule has 0 spiro atoms. The number of carbonyl (C=O) groups excluding carboxylic acids is 1. The van der Waals surface area contributed by atoms with Crippen molar-refractivity contribution in [3.05, 3.63) is 102 Å². The Balaban J connectivity index is 1.36. The normalized spacial score (nSPS) is 10.7. The van der Waals surface area contributed by atoms with E-state index in [1.807, 2.05) is 77.6 Å². The first-order chi connectivity index (χ1) is 16.7. The zero-order valence-corrected chi connectivity index (χ0v) is 19.2. The third kappa shape index (κ3) is 4.57. The molecule has 0 atom stereocenters. The van der Waals surface area contributed by atoms with Crippen LogP contribution in [0, 0.1) is 0 Å². The summed E-state index contributed by atoms with van der Waals surface area (Å²) in [5.74, 6) is 0.545. The van der Waals surface area contributed by atoms with E-state index in [0.717, 1.165) is 38.8 Å². The summed E-state index contributed by atoms with van der Waals surface area (Å²) in [6.45, 7) is 0.318. The van der Waals surface area contributed by atoms with Crippen molar-refractivity contribution < 1.29 is 9.53 Å². The maximum absolute atomic E-state index is 12.9. The van der Waals surface area contributed by atoms with Gasteiger partial charge in [-0.3, -0.25) is 9.78 Å². The average Bonchev–Trinajstić information content (AvgIpc) is 3.57. The zero-order valence-electron chi connectivity index (χ0n) is 18.4. The van der Waals surface area contributed by atoms with Gasteiger partial charge in [0.05, 0.1) is 18.5 Å². The number of rotatable bonds is 7. The highest BCUT2D eigenvalue weighted by atomic mass is 32.1. The highest BCUT2D eigenvalue weighted by Crippen LogP contribution is 2.26. The molecule has 5 aromatic rings. The number of aromatic nitrogens is 4. The topological polar surface area (TPSA) is 81.9 Å². The molecule has 8 heteroatoms. The Morgan fingerprint density at radius 2 is 1.76 bits per heavy atom. The predicted octanol–water partition coefficient (Wildman–Crippen LogP) is 5.00. The summed E-state index contributed by atoms with van der Waals surface area (Å²) < 4.78 is 7.02. The average molecular weight is 468 g/mol. The van der Waals surface area contributed by atoms with Crippen molar-refractivity contribution in [3.8, 4) is 33.3 Å². The van der Waals surface area contributed by atoms with E-state index < -0.39 is 0 Å². The Kier molecular flexibility index (Phi) is 6.13. The fourth-order valence-corrected chi connectivity index (χ4v) is 4.32. The number of hydrogen-bond donors (Lipinski definition) is 1. The molecule has 1 amide bonds. The minimum absolute atomic E-state index is 0.232. The van der Waals surface area contributed by atoms with Crippen molar-refractivity contribution in [2.45, 2.75) is 6.54 Å². The number of benzene rings is 2. The number of ether oxygens (including phenoxy) is 1. The van der Waals surface area contributed by atoms with Crippen LogP contribution in [0.3, 0.4) is 0 Å². The molecule has 168 valence electrons. The van der Waals surface area contributed by atoms with Gasteiger partial charge in [0.25, 0.3) is 5.91 Å². The van der Waals surface area contributed by atoms with Gasteiger partial charge in [-0.25, -0.2) is 9.67 Å². The minimum atomic E-state index is -0.232. The Hall–Kier alpha value is -4.30. The van der Waals surface area contributed by atoms with Crippen molar-refractivity contribution in [3.63, 3.8) is 0 Å². The van der Waals surface area contributed by atoms with Crippen LogP contribution < -0.4 is 10.1 Å². The van der Waals surface area contributed by atoms with Crippen LogP contribution >= 0.6 is 11.3 Å². The van der Waals surface area contributed by atoms with Crippen molar-refractivity contribution in [1.82, 2.24) is 25.1 Å². The molecule has 7 nitrogen and oxygen atoms in total. The van der Waals surface area contributed by atoms with Crippen LogP contribution in [0.1, 0.15) is 16.1 Å². The second-order valence-corrected chi connectivity index (χ2v) is 8.33. The lowest BCUT2D eigenvalue weighted by molar-refractivity contribution is 0.0947. The molecule has 0 aliphatic carbocycles. The number of carbonyl (C=O) groups is 1. The van der Waals surface area contributed by atoms with Gasteiger partial charge < -0.3 is 10.1 Å². The number of thiazole rings is 1. The first-order valence-electron chi connectivity index (χ1n) is 10.6. The number of pyridine rings is 1. The second kappa shape index (κ2) is 9.68.